The molecule has 0 atom stereocenters. The van der Waals surface area contributed by atoms with Crippen LogP contribution in [-0.2, 0) is 6.54 Å². The number of hydrogen-bond acceptors (Lipinski definition) is 4. The molecule has 0 aliphatic rings. The van der Waals surface area contributed by atoms with Crippen molar-refractivity contribution in [3.63, 3.8) is 0 Å². The van der Waals surface area contributed by atoms with Gasteiger partial charge in [-0.05, 0) is 36.8 Å². The molecule has 7 heteroatoms. The molecule has 25 heavy (non-hydrogen) atoms. The van der Waals surface area contributed by atoms with E-state index in [0.29, 0.717) is 19.7 Å². The van der Waals surface area contributed by atoms with E-state index in [1.807, 2.05) is 43.3 Å². The van der Waals surface area contributed by atoms with Crippen molar-refractivity contribution < 1.29 is 9.47 Å². The van der Waals surface area contributed by atoms with Crippen LogP contribution in [0.4, 0.5) is 0 Å². The fourth-order valence-electron chi connectivity index (χ4n) is 2.05. The predicted octanol–water partition coefficient (Wildman–Crippen LogP) is 2.84. The summed E-state index contributed by atoms with van der Waals surface area (Å²) in [4.78, 5) is 8.59. The number of halogens is 1. The molecule has 1 aromatic heterocycles. The summed E-state index contributed by atoms with van der Waals surface area (Å²) < 4.78 is 10.8. The number of methoxy groups -OCH3 is 1. The van der Waals surface area contributed by atoms with Crippen molar-refractivity contribution >= 4 is 29.9 Å². The van der Waals surface area contributed by atoms with Crippen molar-refractivity contribution in [1.82, 2.24) is 15.6 Å². The SMILES string of the molecule is CCNC(=NCc1cccc(OC)c1)NCCOc1cccnc1.I. The molecule has 0 unspecified atom stereocenters. The largest absolute Gasteiger partial charge is 0.497 e. The first-order valence-corrected chi connectivity index (χ1v) is 7.99. The van der Waals surface area contributed by atoms with Crippen molar-refractivity contribution in [3.05, 3.63) is 54.4 Å². The van der Waals surface area contributed by atoms with Crippen molar-refractivity contribution in [2.24, 2.45) is 4.99 Å². The van der Waals surface area contributed by atoms with Gasteiger partial charge in [-0.2, -0.15) is 0 Å². The van der Waals surface area contributed by atoms with Crippen molar-refractivity contribution in [2.45, 2.75) is 13.5 Å². The Balaban J connectivity index is 0.00000312. The second-order valence-electron chi connectivity index (χ2n) is 5.01. The van der Waals surface area contributed by atoms with Gasteiger partial charge in [0.2, 0.25) is 0 Å². The summed E-state index contributed by atoms with van der Waals surface area (Å²) in [6.45, 7) is 4.60. The molecular formula is C18H25IN4O2. The van der Waals surface area contributed by atoms with Crippen molar-refractivity contribution in [1.29, 1.82) is 0 Å². The number of rotatable bonds is 8. The van der Waals surface area contributed by atoms with Crippen LogP contribution in [0, 0.1) is 0 Å². The normalized spacial score (nSPS) is 10.6. The van der Waals surface area contributed by atoms with E-state index in [1.54, 1.807) is 19.5 Å². The zero-order chi connectivity index (χ0) is 17.0. The molecule has 2 aromatic rings. The minimum Gasteiger partial charge on any atom is -0.497 e. The number of aliphatic imine (C=N–C) groups is 1. The Morgan fingerprint density at radius 1 is 1.16 bits per heavy atom. The number of guanidine groups is 1. The third-order valence-corrected chi connectivity index (χ3v) is 3.20. The van der Waals surface area contributed by atoms with E-state index in [1.165, 1.54) is 0 Å². The van der Waals surface area contributed by atoms with Gasteiger partial charge in [0, 0.05) is 12.7 Å². The highest BCUT2D eigenvalue weighted by Crippen LogP contribution is 2.13. The minimum atomic E-state index is 0. The number of pyridine rings is 1. The van der Waals surface area contributed by atoms with Crippen molar-refractivity contribution in [3.8, 4) is 11.5 Å². The number of aromatic nitrogens is 1. The van der Waals surface area contributed by atoms with Crippen LogP contribution in [-0.4, -0.2) is 37.7 Å². The Morgan fingerprint density at radius 2 is 2.00 bits per heavy atom. The Kier molecular flexibility index (Phi) is 10.4. The Labute approximate surface area is 166 Å². The van der Waals surface area contributed by atoms with E-state index in [0.717, 1.165) is 29.6 Å². The summed E-state index contributed by atoms with van der Waals surface area (Å²) in [6, 6.07) is 11.6. The van der Waals surface area contributed by atoms with Gasteiger partial charge >= 0.3 is 0 Å². The van der Waals surface area contributed by atoms with E-state index >= 15 is 0 Å². The van der Waals surface area contributed by atoms with Gasteiger partial charge in [-0.15, -0.1) is 24.0 Å². The first kappa shape index (κ1) is 21.0. The number of hydrogen-bond donors (Lipinski definition) is 2. The molecule has 1 heterocycles. The lowest BCUT2D eigenvalue weighted by Crippen LogP contribution is -2.39. The molecule has 0 aliphatic carbocycles. The monoisotopic (exact) mass is 456 g/mol. The maximum Gasteiger partial charge on any atom is 0.191 e. The molecule has 0 saturated carbocycles. The van der Waals surface area contributed by atoms with Gasteiger partial charge in [0.15, 0.2) is 5.96 Å². The van der Waals surface area contributed by atoms with E-state index in [2.05, 4.69) is 20.6 Å². The summed E-state index contributed by atoms with van der Waals surface area (Å²) in [5.41, 5.74) is 1.10. The molecule has 0 radical (unpaired) electrons. The van der Waals surface area contributed by atoms with Gasteiger partial charge in [-0.3, -0.25) is 4.98 Å². The highest BCUT2D eigenvalue weighted by Gasteiger charge is 1.99. The molecular weight excluding hydrogens is 431 g/mol. The average molecular weight is 456 g/mol. The van der Waals surface area contributed by atoms with E-state index in [-0.39, 0.29) is 24.0 Å². The van der Waals surface area contributed by atoms with Crippen LogP contribution >= 0.6 is 24.0 Å². The van der Waals surface area contributed by atoms with Crippen LogP contribution in [0.15, 0.2) is 53.8 Å². The Morgan fingerprint density at radius 3 is 2.72 bits per heavy atom. The highest BCUT2D eigenvalue weighted by molar-refractivity contribution is 14.0. The minimum absolute atomic E-state index is 0. The quantitative estimate of drug-likeness (QED) is 0.277. The maximum absolute atomic E-state index is 5.60. The maximum atomic E-state index is 5.60. The molecule has 1 aromatic carbocycles. The smallest absolute Gasteiger partial charge is 0.191 e. The topological polar surface area (TPSA) is 67.8 Å². The second kappa shape index (κ2) is 12.3. The molecule has 0 aliphatic heterocycles. The van der Waals surface area contributed by atoms with E-state index in [9.17, 15) is 0 Å². The molecule has 2 N–H and O–H groups in total. The number of ether oxygens (including phenoxy) is 2. The first-order chi connectivity index (χ1) is 11.8. The van der Waals surface area contributed by atoms with Crippen LogP contribution in [0.5, 0.6) is 11.5 Å². The zero-order valence-electron chi connectivity index (χ0n) is 14.6. The first-order valence-electron chi connectivity index (χ1n) is 7.99. The van der Waals surface area contributed by atoms with Crippen LogP contribution < -0.4 is 20.1 Å². The standard InChI is InChI=1S/C18H24N4O2.HI/c1-3-20-18(21-10-11-24-17-8-5-9-19-14-17)22-13-15-6-4-7-16(12-15)23-2;/h4-9,12,14H,3,10-11,13H2,1-2H3,(H2,20,21,22);1H. The summed E-state index contributed by atoms with van der Waals surface area (Å²) in [7, 11) is 1.66. The summed E-state index contributed by atoms with van der Waals surface area (Å²) in [5.74, 6) is 2.36. The molecule has 136 valence electrons. The lowest BCUT2D eigenvalue weighted by molar-refractivity contribution is 0.320. The number of nitrogens with one attached hydrogen (secondary N) is 2. The third-order valence-electron chi connectivity index (χ3n) is 3.20. The predicted molar refractivity (Wildman–Crippen MR) is 111 cm³/mol. The van der Waals surface area contributed by atoms with E-state index < -0.39 is 0 Å². The molecule has 0 spiro atoms. The van der Waals surface area contributed by atoms with Crippen LogP contribution in [0.2, 0.25) is 0 Å². The molecule has 6 nitrogen and oxygen atoms in total. The van der Waals surface area contributed by atoms with Gasteiger partial charge < -0.3 is 20.1 Å². The Hall–Kier alpha value is -2.03. The zero-order valence-corrected chi connectivity index (χ0v) is 16.9. The average Bonchev–Trinajstić information content (AvgIpc) is 2.64. The lowest BCUT2D eigenvalue weighted by Gasteiger charge is -2.12. The Bertz CT molecular complexity index is 638. The molecule has 0 amide bonds. The molecule has 0 bridgehead atoms. The van der Waals surface area contributed by atoms with Crippen LogP contribution in [0.1, 0.15) is 12.5 Å². The van der Waals surface area contributed by atoms with E-state index in [4.69, 9.17) is 9.47 Å². The second-order valence-corrected chi connectivity index (χ2v) is 5.01. The molecule has 2 rings (SSSR count). The van der Waals surface area contributed by atoms with Gasteiger partial charge in [0.05, 0.1) is 26.4 Å². The van der Waals surface area contributed by atoms with Gasteiger partial charge in [-0.25, -0.2) is 4.99 Å². The highest BCUT2D eigenvalue weighted by atomic mass is 127. The third kappa shape index (κ3) is 8.06. The van der Waals surface area contributed by atoms with Crippen LogP contribution in [0.25, 0.3) is 0 Å². The fourth-order valence-corrected chi connectivity index (χ4v) is 2.05. The summed E-state index contributed by atoms with van der Waals surface area (Å²) in [5, 5.41) is 6.47. The van der Waals surface area contributed by atoms with Crippen molar-refractivity contribution in [2.75, 3.05) is 26.8 Å². The van der Waals surface area contributed by atoms with Crippen LogP contribution in [0.3, 0.4) is 0 Å². The van der Waals surface area contributed by atoms with Gasteiger partial charge in [-0.1, -0.05) is 12.1 Å². The lowest BCUT2D eigenvalue weighted by atomic mass is 10.2. The number of benzene rings is 1. The summed E-state index contributed by atoms with van der Waals surface area (Å²) in [6.07, 6.45) is 3.42. The fraction of sp³-hybridized carbons (Fsp3) is 0.333. The van der Waals surface area contributed by atoms with Gasteiger partial charge in [0.25, 0.3) is 0 Å². The summed E-state index contributed by atoms with van der Waals surface area (Å²) >= 11 is 0. The van der Waals surface area contributed by atoms with Gasteiger partial charge in [0.1, 0.15) is 18.1 Å². The number of nitrogens with zero attached hydrogens (tertiary/aromatic N) is 2. The molecule has 0 fully saturated rings. The molecule has 0 saturated heterocycles.